The zero-order chi connectivity index (χ0) is 11.8. The summed E-state index contributed by atoms with van der Waals surface area (Å²) in [4.78, 5) is 31.7. The van der Waals surface area contributed by atoms with E-state index in [1.54, 1.807) is 6.20 Å². The average molecular weight is 414 g/mol. The Bertz CT molecular complexity index is 420. The average Bonchev–Trinajstić information content (AvgIpc) is 2.75. The molecule has 0 spiro atoms. The van der Waals surface area contributed by atoms with Crippen LogP contribution in [0.2, 0.25) is 0 Å². The molecule has 1 amide bonds. The molecule has 1 aromatic heterocycles. The van der Waals surface area contributed by atoms with Crippen LogP contribution in [0.3, 0.4) is 0 Å². The quantitative estimate of drug-likeness (QED) is 0.531. The van der Waals surface area contributed by atoms with Crippen molar-refractivity contribution in [1.82, 2.24) is 14.9 Å². The van der Waals surface area contributed by atoms with Gasteiger partial charge >= 0.3 is 5.97 Å². The van der Waals surface area contributed by atoms with Crippen LogP contribution in [-0.4, -0.2) is 40.0 Å². The number of aliphatic carboxylic acids is 1. The molecule has 1 atom stereocenters. The maximum atomic E-state index is 11.6. The van der Waals surface area contributed by atoms with Crippen LogP contribution in [0, 0.1) is 5.41 Å². The third-order valence-corrected chi connectivity index (χ3v) is 2.89. The molecule has 1 aliphatic heterocycles. The zero-order valence-electron chi connectivity index (χ0n) is 9.21. The molecule has 1 N–H and O–H groups in total. The van der Waals surface area contributed by atoms with Crippen LogP contribution in [0.4, 0.5) is 0 Å². The first-order chi connectivity index (χ1) is 7.54. The molecule has 0 unspecified atom stereocenters. The standard InChI is InChI=1S/C10H13N3O3.Ir/c1-10(9(15)16)5-13(8(10)14)3-2-7-4-11-6-12-7;/h4,6H,2-3,5H2,1H3,(H2,11,12,15,16);/p-1/t10-;/m1./s1. The van der Waals surface area contributed by atoms with E-state index >= 15 is 0 Å². The molecule has 1 aliphatic rings. The van der Waals surface area contributed by atoms with Crippen molar-refractivity contribution >= 4 is 11.9 Å². The van der Waals surface area contributed by atoms with Gasteiger partial charge < -0.3 is 20.0 Å². The van der Waals surface area contributed by atoms with E-state index in [1.165, 1.54) is 18.2 Å². The number of rotatable bonds is 4. The fourth-order valence-corrected chi connectivity index (χ4v) is 1.76. The van der Waals surface area contributed by atoms with Crippen LogP contribution >= 0.6 is 0 Å². The monoisotopic (exact) mass is 415 g/mol. The largest absolute Gasteiger partial charge is 0.480 e. The third kappa shape index (κ3) is 2.40. The van der Waals surface area contributed by atoms with Gasteiger partial charge in [0.25, 0.3) is 0 Å². The summed E-state index contributed by atoms with van der Waals surface area (Å²) in [5, 5.41) is 8.86. The van der Waals surface area contributed by atoms with E-state index in [4.69, 9.17) is 5.11 Å². The van der Waals surface area contributed by atoms with Gasteiger partial charge in [0, 0.05) is 33.2 Å². The number of carbonyl (C=O) groups excluding carboxylic acids is 1. The molecule has 2 rings (SSSR count). The maximum absolute atomic E-state index is 11.6. The number of hydrogen-bond donors (Lipinski definition) is 1. The van der Waals surface area contributed by atoms with Gasteiger partial charge in [-0.3, -0.25) is 9.59 Å². The summed E-state index contributed by atoms with van der Waals surface area (Å²) >= 11 is 0. The summed E-state index contributed by atoms with van der Waals surface area (Å²) < 4.78 is 0. The van der Waals surface area contributed by atoms with Gasteiger partial charge in [0.2, 0.25) is 5.91 Å². The number of aromatic nitrogens is 2. The van der Waals surface area contributed by atoms with E-state index in [0.717, 1.165) is 5.69 Å². The van der Waals surface area contributed by atoms with Crippen molar-refractivity contribution in [2.45, 2.75) is 13.3 Å². The third-order valence-electron chi connectivity index (χ3n) is 2.89. The van der Waals surface area contributed by atoms with Crippen LogP contribution in [-0.2, 0) is 36.1 Å². The second kappa shape index (κ2) is 4.98. The number of nitrogens with zero attached hydrogens (tertiary/aromatic N) is 3. The Morgan fingerprint density at radius 1 is 1.71 bits per heavy atom. The SMILES string of the molecule is C[C@@]1(C(=O)O)CN(CCc2cnc[n-]2)C1=O.[Ir]. The van der Waals surface area contributed by atoms with Crippen molar-refractivity contribution < 1.29 is 34.8 Å². The van der Waals surface area contributed by atoms with Gasteiger partial charge in [-0.15, -0.1) is 0 Å². The predicted molar refractivity (Wildman–Crippen MR) is 53.6 cm³/mol. The van der Waals surface area contributed by atoms with Crippen molar-refractivity contribution in [2.75, 3.05) is 13.1 Å². The van der Waals surface area contributed by atoms with E-state index < -0.39 is 11.4 Å². The normalized spacial score (nSPS) is 22.9. The molecule has 95 valence electrons. The molecule has 1 aromatic rings. The van der Waals surface area contributed by atoms with Crippen molar-refractivity contribution in [3.05, 3.63) is 18.2 Å². The molecular formula is C10H12IrN3O3-. The van der Waals surface area contributed by atoms with Crippen molar-refractivity contribution in [1.29, 1.82) is 0 Å². The van der Waals surface area contributed by atoms with Gasteiger partial charge in [-0.1, -0.05) is 18.2 Å². The fourth-order valence-electron chi connectivity index (χ4n) is 1.76. The van der Waals surface area contributed by atoms with Crippen molar-refractivity contribution in [3.63, 3.8) is 0 Å². The molecule has 2 heterocycles. The number of carboxylic acids is 1. The first-order valence-electron chi connectivity index (χ1n) is 4.98. The van der Waals surface area contributed by atoms with Crippen molar-refractivity contribution in [2.24, 2.45) is 5.41 Å². The molecule has 1 fully saturated rings. The van der Waals surface area contributed by atoms with Gasteiger partial charge in [0.1, 0.15) is 0 Å². The number of hydrogen-bond acceptors (Lipinski definition) is 3. The minimum atomic E-state index is -1.22. The van der Waals surface area contributed by atoms with Gasteiger partial charge in [-0.25, -0.2) is 0 Å². The van der Waals surface area contributed by atoms with E-state index in [0.29, 0.717) is 13.0 Å². The number of carboxylic acid groups (broad SMARTS) is 1. The molecule has 0 bridgehead atoms. The van der Waals surface area contributed by atoms with E-state index in [-0.39, 0.29) is 32.6 Å². The summed E-state index contributed by atoms with van der Waals surface area (Å²) in [6.07, 6.45) is 3.71. The Balaban J connectivity index is 0.00000144. The number of imidazole rings is 1. The molecule has 0 saturated carbocycles. The van der Waals surface area contributed by atoms with Crippen LogP contribution in [0.1, 0.15) is 12.6 Å². The van der Waals surface area contributed by atoms with Gasteiger partial charge in [0.05, 0.1) is 0 Å². The van der Waals surface area contributed by atoms with Gasteiger partial charge in [-0.05, 0) is 13.3 Å². The first kappa shape index (κ1) is 13.9. The molecular weight excluding hydrogens is 402 g/mol. The Kier molecular flexibility index (Phi) is 4.06. The smallest absolute Gasteiger partial charge is 0.320 e. The number of carbonyl (C=O) groups is 2. The molecule has 0 aliphatic carbocycles. The molecule has 1 saturated heterocycles. The Morgan fingerprint density at radius 2 is 2.41 bits per heavy atom. The van der Waals surface area contributed by atoms with E-state index in [1.807, 2.05) is 0 Å². The zero-order valence-corrected chi connectivity index (χ0v) is 11.6. The molecule has 1 radical (unpaired) electrons. The molecule has 6 nitrogen and oxygen atoms in total. The predicted octanol–water partition coefficient (Wildman–Crippen LogP) is -0.488. The second-order valence-electron chi connectivity index (χ2n) is 4.13. The van der Waals surface area contributed by atoms with Crippen LogP contribution in [0.25, 0.3) is 0 Å². The molecule has 0 aromatic carbocycles. The Morgan fingerprint density at radius 3 is 2.88 bits per heavy atom. The van der Waals surface area contributed by atoms with Gasteiger partial charge in [0.15, 0.2) is 5.41 Å². The fraction of sp³-hybridized carbons (Fsp3) is 0.500. The van der Waals surface area contributed by atoms with Crippen LogP contribution in [0.15, 0.2) is 12.5 Å². The van der Waals surface area contributed by atoms with Gasteiger partial charge in [-0.2, -0.15) is 0 Å². The van der Waals surface area contributed by atoms with E-state index in [2.05, 4.69) is 9.97 Å². The minimum absolute atomic E-state index is 0. The Labute approximate surface area is 112 Å². The summed E-state index contributed by atoms with van der Waals surface area (Å²) in [6.45, 7) is 2.23. The number of likely N-dealkylation sites (tertiary alicyclic amines) is 1. The minimum Gasteiger partial charge on any atom is -0.480 e. The second-order valence-corrected chi connectivity index (χ2v) is 4.13. The summed E-state index contributed by atoms with van der Waals surface area (Å²) in [5.74, 6) is -1.37. The summed E-state index contributed by atoms with van der Waals surface area (Å²) in [7, 11) is 0. The number of amides is 1. The summed E-state index contributed by atoms with van der Waals surface area (Å²) in [5.41, 5.74) is -0.408. The van der Waals surface area contributed by atoms with Crippen LogP contribution < -0.4 is 4.98 Å². The maximum Gasteiger partial charge on any atom is 0.320 e. The summed E-state index contributed by atoms with van der Waals surface area (Å²) in [6, 6.07) is 0. The first-order valence-corrected chi connectivity index (χ1v) is 4.98. The topological polar surface area (TPSA) is 84.6 Å². The van der Waals surface area contributed by atoms with Crippen molar-refractivity contribution in [3.8, 4) is 0 Å². The Hall–Kier alpha value is -1.20. The van der Waals surface area contributed by atoms with E-state index in [9.17, 15) is 9.59 Å². The number of β-lactam (4-membered cyclic amide) rings is 1. The molecule has 17 heavy (non-hydrogen) atoms. The molecule has 7 heteroatoms. The van der Waals surface area contributed by atoms with Crippen LogP contribution in [0.5, 0.6) is 0 Å².